The van der Waals surface area contributed by atoms with Gasteiger partial charge in [-0.1, -0.05) is 0 Å². The van der Waals surface area contributed by atoms with E-state index >= 15 is 0 Å². The van der Waals surface area contributed by atoms with Gasteiger partial charge in [-0.2, -0.15) is 5.26 Å². The van der Waals surface area contributed by atoms with E-state index in [0.29, 0.717) is 30.1 Å². The molecule has 0 radical (unpaired) electrons. The van der Waals surface area contributed by atoms with E-state index in [1.807, 2.05) is 0 Å². The van der Waals surface area contributed by atoms with Crippen LogP contribution in [0.1, 0.15) is 12.0 Å². The maximum Gasteiger partial charge on any atom is 0.129 e. The quantitative estimate of drug-likeness (QED) is 0.764. The second kappa shape index (κ2) is 5.86. The zero-order chi connectivity index (χ0) is 12.0. The Hall–Kier alpha value is -1.89. The third-order valence-corrected chi connectivity index (χ3v) is 2.30. The fraction of sp³-hybridized carbons (Fsp3) is 0.417. The molecular formula is C12H15NO3. The first kappa shape index (κ1) is 12.2. The molecule has 1 aromatic rings. The molecular weight excluding hydrogens is 206 g/mol. The minimum atomic E-state index is 0.430. The lowest BCUT2D eigenvalue weighted by Gasteiger charge is -2.13. The summed E-state index contributed by atoms with van der Waals surface area (Å²) in [6.45, 7) is 0. The van der Waals surface area contributed by atoms with Crippen molar-refractivity contribution in [3.63, 3.8) is 0 Å². The van der Waals surface area contributed by atoms with Gasteiger partial charge in [0, 0.05) is 24.1 Å². The lowest BCUT2D eigenvalue weighted by Crippen LogP contribution is -1.98. The fourth-order valence-electron chi connectivity index (χ4n) is 1.51. The number of methoxy groups -OCH3 is 3. The van der Waals surface area contributed by atoms with E-state index in [-0.39, 0.29) is 0 Å². The Morgan fingerprint density at radius 3 is 2.00 bits per heavy atom. The molecule has 0 N–H and O–H groups in total. The van der Waals surface area contributed by atoms with Crippen LogP contribution < -0.4 is 14.2 Å². The van der Waals surface area contributed by atoms with Crippen molar-refractivity contribution in [2.24, 2.45) is 0 Å². The summed E-state index contributed by atoms with van der Waals surface area (Å²) in [7, 11) is 4.76. The Balaban J connectivity index is 3.15. The maximum absolute atomic E-state index is 8.60. The van der Waals surface area contributed by atoms with Gasteiger partial charge in [-0.25, -0.2) is 0 Å². The van der Waals surface area contributed by atoms with Crippen LogP contribution in [0.15, 0.2) is 12.1 Å². The van der Waals surface area contributed by atoms with E-state index in [0.717, 1.165) is 5.56 Å². The van der Waals surface area contributed by atoms with Gasteiger partial charge in [-0.3, -0.25) is 0 Å². The summed E-state index contributed by atoms with van der Waals surface area (Å²) < 4.78 is 15.6. The molecule has 16 heavy (non-hydrogen) atoms. The molecule has 0 amide bonds. The van der Waals surface area contributed by atoms with Crippen molar-refractivity contribution in [3.8, 4) is 23.3 Å². The molecule has 0 unspecified atom stereocenters. The van der Waals surface area contributed by atoms with Gasteiger partial charge in [0.1, 0.15) is 17.2 Å². The van der Waals surface area contributed by atoms with Gasteiger partial charge < -0.3 is 14.2 Å². The largest absolute Gasteiger partial charge is 0.496 e. The first-order valence-corrected chi connectivity index (χ1v) is 4.92. The number of ether oxygens (including phenoxy) is 3. The van der Waals surface area contributed by atoms with Gasteiger partial charge in [0.2, 0.25) is 0 Å². The Morgan fingerprint density at radius 1 is 1.06 bits per heavy atom. The predicted molar refractivity (Wildman–Crippen MR) is 60.0 cm³/mol. The number of hydrogen-bond donors (Lipinski definition) is 0. The van der Waals surface area contributed by atoms with Crippen molar-refractivity contribution < 1.29 is 14.2 Å². The summed E-state index contributed by atoms with van der Waals surface area (Å²) in [6.07, 6.45) is 1.03. The minimum absolute atomic E-state index is 0.430. The highest BCUT2D eigenvalue weighted by molar-refractivity contribution is 5.50. The third-order valence-electron chi connectivity index (χ3n) is 2.30. The fourth-order valence-corrected chi connectivity index (χ4v) is 1.51. The van der Waals surface area contributed by atoms with Crippen LogP contribution >= 0.6 is 0 Å². The van der Waals surface area contributed by atoms with Crippen LogP contribution in [0.4, 0.5) is 0 Å². The van der Waals surface area contributed by atoms with Crippen molar-refractivity contribution in [2.75, 3.05) is 21.3 Å². The summed E-state index contributed by atoms with van der Waals surface area (Å²) in [5.41, 5.74) is 0.896. The van der Waals surface area contributed by atoms with Gasteiger partial charge >= 0.3 is 0 Å². The molecule has 0 saturated heterocycles. The van der Waals surface area contributed by atoms with Gasteiger partial charge in [0.05, 0.1) is 27.4 Å². The Morgan fingerprint density at radius 2 is 1.62 bits per heavy atom. The summed E-state index contributed by atoms with van der Waals surface area (Å²) in [4.78, 5) is 0. The van der Waals surface area contributed by atoms with E-state index in [1.165, 1.54) is 0 Å². The molecule has 0 aliphatic heterocycles. The van der Waals surface area contributed by atoms with Crippen LogP contribution in [0.2, 0.25) is 0 Å². The second-order valence-corrected chi connectivity index (χ2v) is 3.17. The molecule has 0 aromatic heterocycles. The topological polar surface area (TPSA) is 51.5 Å². The average molecular weight is 221 g/mol. The van der Waals surface area contributed by atoms with Gasteiger partial charge in [-0.15, -0.1) is 0 Å². The van der Waals surface area contributed by atoms with Gasteiger partial charge in [0.25, 0.3) is 0 Å². The minimum Gasteiger partial charge on any atom is -0.496 e. The molecule has 0 spiro atoms. The molecule has 0 bridgehead atoms. The lowest BCUT2D eigenvalue weighted by atomic mass is 10.1. The van der Waals surface area contributed by atoms with Crippen molar-refractivity contribution in [2.45, 2.75) is 12.8 Å². The number of benzene rings is 1. The molecule has 0 atom stereocenters. The number of rotatable bonds is 5. The monoisotopic (exact) mass is 221 g/mol. The molecule has 1 rings (SSSR count). The summed E-state index contributed by atoms with van der Waals surface area (Å²) in [5, 5.41) is 8.60. The molecule has 4 nitrogen and oxygen atoms in total. The summed E-state index contributed by atoms with van der Waals surface area (Å²) >= 11 is 0. The van der Waals surface area contributed by atoms with Crippen LogP contribution in [0, 0.1) is 11.3 Å². The highest BCUT2D eigenvalue weighted by Crippen LogP contribution is 2.34. The second-order valence-electron chi connectivity index (χ2n) is 3.17. The Bertz CT molecular complexity index is 371. The molecule has 0 aliphatic rings. The highest BCUT2D eigenvalue weighted by Gasteiger charge is 2.12. The Kier molecular flexibility index (Phi) is 4.46. The number of nitrogens with zero attached hydrogens (tertiary/aromatic N) is 1. The third kappa shape index (κ3) is 2.57. The van der Waals surface area contributed by atoms with E-state index in [4.69, 9.17) is 19.5 Å². The van der Waals surface area contributed by atoms with E-state index in [9.17, 15) is 0 Å². The van der Waals surface area contributed by atoms with Crippen LogP contribution in [0.5, 0.6) is 17.2 Å². The molecule has 1 aromatic carbocycles. The van der Waals surface area contributed by atoms with Gasteiger partial charge in [-0.05, 0) is 6.42 Å². The summed E-state index contributed by atoms with van der Waals surface area (Å²) in [6, 6.07) is 5.68. The molecule has 4 heteroatoms. The van der Waals surface area contributed by atoms with Crippen LogP contribution in [0.25, 0.3) is 0 Å². The summed E-state index contributed by atoms with van der Waals surface area (Å²) in [5.74, 6) is 2.05. The SMILES string of the molecule is COc1cc(OC)c(CCC#N)c(OC)c1. The first-order valence-electron chi connectivity index (χ1n) is 4.92. The van der Waals surface area contributed by atoms with Crippen LogP contribution in [-0.4, -0.2) is 21.3 Å². The maximum atomic E-state index is 8.60. The number of hydrogen-bond acceptors (Lipinski definition) is 4. The van der Waals surface area contributed by atoms with Crippen molar-refractivity contribution in [3.05, 3.63) is 17.7 Å². The standard InChI is InChI=1S/C12H15NO3/c1-14-9-7-11(15-2)10(5-4-6-13)12(8-9)16-3/h7-8H,4-5H2,1-3H3. The Labute approximate surface area is 95.4 Å². The van der Waals surface area contributed by atoms with E-state index in [1.54, 1.807) is 33.5 Å². The first-order chi connectivity index (χ1) is 7.76. The molecule has 0 aliphatic carbocycles. The van der Waals surface area contributed by atoms with E-state index < -0.39 is 0 Å². The van der Waals surface area contributed by atoms with Crippen molar-refractivity contribution in [1.29, 1.82) is 5.26 Å². The van der Waals surface area contributed by atoms with Gasteiger partial charge in [0.15, 0.2) is 0 Å². The predicted octanol–water partition coefficient (Wildman–Crippen LogP) is 2.17. The molecule has 86 valence electrons. The molecule has 0 heterocycles. The van der Waals surface area contributed by atoms with E-state index in [2.05, 4.69) is 6.07 Å². The smallest absolute Gasteiger partial charge is 0.129 e. The zero-order valence-electron chi connectivity index (χ0n) is 9.74. The zero-order valence-corrected chi connectivity index (χ0v) is 9.74. The molecule has 0 fully saturated rings. The van der Waals surface area contributed by atoms with Crippen LogP contribution in [-0.2, 0) is 6.42 Å². The lowest BCUT2D eigenvalue weighted by molar-refractivity contribution is 0.369. The number of nitriles is 1. The van der Waals surface area contributed by atoms with Crippen LogP contribution in [0.3, 0.4) is 0 Å². The van der Waals surface area contributed by atoms with Crippen molar-refractivity contribution in [1.82, 2.24) is 0 Å². The van der Waals surface area contributed by atoms with Crippen molar-refractivity contribution >= 4 is 0 Å². The highest BCUT2D eigenvalue weighted by atomic mass is 16.5. The molecule has 0 saturated carbocycles. The average Bonchev–Trinajstić information content (AvgIpc) is 2.35. The normalized spacial score (nSPS) is 9.38.